The summed E-state index contributed by atoms with van der Waals surface area (Å²) in [5.74, 6) is 0. The van der Waals surface area contributed by atoms with Crippen LogP contribution in [0.3, 0.4) is 0 Å². The molecule has 24 heavy (non-hydrogen) atoms. The Morgan fingerprint density at radius 3 is 2.17 bits per heavy atom. The maximum Gasteiger partial charge on any atom is 0.251 e. The van der Waals surface area contributed by atoms with E-state index in [1.807, 2.05) is 79.0 Å². The summed E-state index contributed by atoms with van der Waals surface area (Å²) in [6.07, 6.45) is 5.80. The van der Waals surface area contributed by atoms with Crippen LogP contribution in [-0.4, -0.2) is 4.57 Å². The van der Waals surface area contributed by atoms with Crippen LogP contribution in [0.4, 0.5) is 0 Å². The van der Waals surface area contributed by atoms with Crippen molar-refractivity contribution in [3.05, 3.63) is 106 Å². The molecule has 120 valence electrons. The van der Waals surface area contributed by atoms with Crippen molar-refractivity contribution in [3.63, 3.8) is 0 Å². The highest BCUT2D eigenvalue weighted by atomic mass is 16.1. The van der Waals surface area contributed by atoms with Gasteiger partial charge in [-0.15, -0.1) is 0 Å². The minimum absolute atomic E-state index is 0.00638. The van der Waals surface area contributed by atoms with Gasteiger partial charge in [0.2, 0.25) is 0 Å². The first kappa shape index (κ1) is 16.0. The molecule has 1 aromatic heterocycles. The van der Waals surface area contributed by atoms with E-state index in [1.165, 1.54) is 0 Å². The Bertz CT molecular complexity index is 878. The van der Waals surface area contributed by atoms with Crippen molar-refractivity contribution in [1.29, 1.82) is 0 Å². The molecule has 3 rings (SSSR count). The Balaban J connectivity index is 1.74. The summed E-state index contributed by atoms with van der Waals surface area (Å²) >= 11 is 0. The van der Waals surface area contributed by atoms with Gasteiger partial charge in [-0.3, -0.25) is 4.79 Å². The predicted molar refractivity (Wildman–Crippen MR) is 99.5 cm³/mol. The maximum atomic E-state index is 12.3. The zero-order valence-corrected chi connectivity index (χ0v) is 13.4. The van der Waals surface area contributed by atoms with Crippen molar-refractivity contribution in [2.24, 2.45) is 5.73 Å². The number of nitrogens with two attached hydrogens (primary N) is 1. The van der Waals surface area contributed by atoms with Crippen molar-refractivity contribution in [3.8, 4) is 0 Å². The molecule has 0 fully saturated rings. The molecule has 0 aliphatic heterocycles. The summed E-state index contributed by atoms with van der Waals surface area (Å²) in [5, 5.41) is 0. The predicted octanol–water partition coefficient (Wildman–Crippen LogP) is 3.53. The third-order valence-electron chi connectivity index (χ3n) is 3.90. The van der Waals surface area contributed by atoms with Crippen molar-refractivity contribution >= 4 is 12.2 Å². The highest BCUT2D eigenvalue weighted by Crippen LogP contribution is 2.08. The molecule has 2 aromatic carbocycles. The van der Waals surface area contributed by atoms with Crippen LogP contribution in [0.5, 0.6) is 0 Å². The number of benzene rings is 2. The summed E-state index contributed by atoms with van der Waals surface area (Å²) in [4.78, 5) is 12.3. The maximum absolute atomic E-state index is 12.3. The zero-order valence-electron chi connectivity index (χ0n) is 13.4. The van der Waals surface area contributed by atoms with Gasteiger partial charge in [-0.25, -0.2) is 0 Å². The molecule has 3 heteroatoms. The highest BCUT2D eigenvalue weighted by Gasteiger charge is 1.99. The Morgan fingerprint density at radius 1 is 0.833 bits per heavy atom. The molecule has 1 heterocycles. The lowest BCUT2D eigenvalue weighted by Crippen LogP contribution is -2.19. The number of pyridine rings is 1. The van der Waals surface area contributed by atoms with Crippen LogP contribution in [0, 0.1) is 0 Å². The smallest absolute Gasteiger partial charge is 0.251 e. The third kappa shape index (κ3) is 4.09. The van der Waals surface area contributed by atoms with Crippen molar-refractivity contribution in [2.45, 2.75) is 13.1 Å². The molecular weight excluding hydrogens is 296 g/mol. The number of hydrogen-bond acceptors (Lipinski definition) is 2. The van der Waals surface area contributed by atoms with Crippen LogP contribution < -0.4 is 11.3 Å². The lowest BCUT2D eigenvalue weighted by molar-refractivity contribution is 0.758. The molecule has 0 radical (unpaired) electrons. The largest absolute Gasteiger partial charge is 0.326 e. The van der Waals surface area contributed by atoms with E-state index < -0.39 is 0 Å². The number of nitrogens with zero attached hydrogens (tertiary/aromatic N) is 1. The summed E-state index contributed by atoms with van der Waals surface area (Å²) in [6, 6.07) is 21.7. The first-order valence-electron chi connectivity index (χ1n) is 7.96. The number of aromatic nitrogens is 1. The van der Waals surface area contributed by atoms with Crippen molar-refractivity contribution in [1.82, 2.24) is 4.57 Å². The van der Waals surface area contributed by atoms with E-state index >= 15 is 0 Å². The van der Waals surface area contributed by atoms with Gasteiger partial charge in [-0.05, 0) is 28.3 Å². The van der Waals surface area contributed by atoms with Crippen LogP contribution in [0.25, 0.3) is 12.2 Å². The van der Waals surface area contributed by atoms with Crippen LogP contribution in [0.1, 0.15) is 22.3 Å². The van der Waals surface area contributed by atoms with Gasteiger partial charge in [0.15, 0.2) is 0 Å². The minimum atomic E-state index is -0.00638. The highest BCUT2D eigenvalue weighted by molar-refractivity contribution is 5.69. The lowest BCUT2D eigenvalue weighted by Gasteiger charge is -2.07. The van der Waals surface area contributed by atoms with Crippen LogP contribution in [-0.2, 0) is 13.1 Å². The number of hydrogen-bond donors (Lipinski definition) is 1. The van der Waals surface area contributed by atoms with Gasteiger partial charge in [0.1, 0.15) is 0 Å². The van der Waals surface area contributed by atoms with Gasteiger partial charge in [0.05, 0.1) is 6.54 Å². The topological polar surface area (TPSA) is 48.0 Å². The van der Waals surface area contributed by atoms with E-state index in [-0.39, 0.29) is 5.56 Å². The first-order chi connectivity index (χ1) is 11.7. The zero-order chi connectivity index (χ0) is 16.8. The Kier molecular flexibility index (Phi) is 5.04. The fourth-order valence-electron chi connectivity index (χ4n) is 2.49. The van der Waals surface area contributed by atoms with Gasteiger partial charge in [0.25, 0.3) is 5.56 Å². The molecule has 2 N–H and O–H groups in total. The molecule has 0 unspecified atom stereocenters. The molecule has 3 aromatic rings. The van der Waals surface area contributed by atoms with Crippen LogP contribution >= 0.6 is 0 Å². The molecule has 0 saturated carbocycles. The SMILES string of the molecule is NCc1ccc(Cn2ccc(/C=C/c3ccccc3)cc2=O)cc1. The second-order valence-electron chi connectivity index (χ2n) is 5.69. The molecule has 0 saturated heterocycles. The van der Waals surface area contributed by atoms with Gasteiger partial charge in [0, 0.05) is 18.8 Å². The summed E-state index contributed by atoms with van der Waals surface area (Å²) < 4.78 is 1.71. The molecule has 0 aliphatic carbocycles. The average Bonchev–Trinajstić information content (AvgIpc) is 2.63. The second kappa shape index (κ2) is 7.57. The van der Waals surface area contributed by atoms with Gasteiger partial charge in [-0.1, -0.05) is 66.7 Å². The quantitative estimate of drug-likeness (QED) is 0.783. The van der Waals surface area contributed by atoms with E-state index in [4.69, 9.17) is 5.73 Å². The third-order valence-corrected chi connectivity index (χ3v) is 3.90. The normalized spacial score (nSPS) is 11.0. The van der Waals surface area contributed by atoms with Gasteiger partial charge >= 0.3 is 0 Å². The molecular formula is C21H20N2O. The van der Waals surface area contributed by atoms with E-state index in [1.54, 1.807) is 10.6 Å². The summed E-state index contributed by atoms with van der Waals surface area (Å²) in [7, 11) is 0. The minimum Gasteiger partial charge on any atom is -0.326 e. The van der Waals surface area contributed by atoms with E-state index in [0.717, 1.165) is 22.3 Å². The molecule has 0 amide bonds. The standard InChI is InChI=1S/C21H20N2O/c22-15-19-8-10-20(11-9-19)16-23-13-12-18(14-21(23)24)7-6-17-4-2-1-3-5-17/h1-14H,15-16,22H2/b7-6+. The molecule has 0 bridgehead atoms. The average molecular weight is 316 g/mol. The van der Waals surface area contributed by atoms with E-state index in [9.17, 15) is 4.79 Å². The van der Waals surface area contributed by atoms with Gasteiger partial charge < -0.3 is 10.3 Å². The fraction of sp³-hybridized carbons (Fsp3) is 0.0952. The van der Waals surface area contributed by atoms with Gasteiger partial charge in [-0.2, -0.15) is 0 Å². The first-order valence-corrected chi connectivity index (χ1v) is 7.96. The molecule has 0 aliphatic rings. The second-order valence-corrected chi connectivity index (χ2v) is 5.69. The monoisotopic (exact) mass is 316 g/mol. The molecule has 0 atom stereocenters. The summed E-state index contributed by atoms with van der Waals surface area (Å²) in [5.41, 5.74) is 9.79. The lowest BCUT2D eigenvalue weighted by atomic mass is 10.1. The molecule has 0 spiro atoms. The Hall–Kier alpha value is -2.91. The fourth-order valence-corrected chi connectivity index (χ4v) is 2.49. The van der Waals surface area contributed by atoms with E-state index in [2.05, 4.69) is 0 Å². The van der Waals surface area contributed by atoms with Crippen LogP contribution in [0.2, 0.25) is 0 Å². The Labute approximate surface area is 141 Å². The van der Waals surface area contributed by atoms with Crippen molar-refractivity contribution < 1.29 is 0 Å². The van der Waals surface area contributed by atoms with Crippen molar-refractivity contribution in [2.75, 3.05) is 0 Å². The molecule has 3 nitrogen and oxygen atoms in total. The summed E-state index contributed by atoms with van der Waals surface area (Å²) in [6.45, 7) is 1.09. The van der Waals surface area contributed by atoms with E-state index in [0.29, 0.717) is 13.1 Å². The number of rotatable bonds is 5. The van der Waals surface area contributed by atoms with Crippen LogP contribution in [0.15, 0.2) is 77.7 Å². The Morgan fingerprint density at radius 2 is 1.50 bits per heavy atom.